The molecular weight excluding hydrogens is 404 g/mol. The second kappa shape index (κ2) is 9.53. The van der Waals surface area contributed by atoms with Crippen molar-refractivity contribution >= 4 is 23.5 Å². The third kappa shape index (κ3) is 4.85. The van der Waals surface area contributed by atoms with E-state index in [-0.39, 0.29) is 0 Å². The minimum absolute atomic E-state index is 0.310. The lowest BCUT2D eigenvalue weighted by molar-refractivity contribution is 0.363. The van der Waals surface area contributed by atoms with E-state index in [0.717, 1.165) is 50.2 Å². The Hall–Kier alpha value is -3.20. The molecule has 156 valence electrons. The van der Waals surface area contributed by atoms with Crippen LogP contribution < -0.4 is 10.2 Å². The van der Waals surface area contributed by atoms with Gasteiger partial charge in [0.1, 0.15) is 6.54 Å². The van der Waals surface area contributed by atoms with E-state index in [1.807, 2.05) is 18.2 Å². The van der Waals surface area contributed by atoms with Crippen molar-refractivity contribution in [3.05, 3.63) is 53.6 Å². The van der Waals surface area contributed by atoms with Crippen molar-refractivity contribution in [3.63, 3.8) is 0 Å². The van der Waals surface area contributed by atoms with Gasteiger partial charge in [-0.25, -0.2) is 15.0 Å². The molecule has 3 aromatic rings. The molecule has 0 atom stereocenters. The molecule has 4 rings (SSSR count). The number of aromatic nitrogens is 4. The topological polar surface area (TPSA) is 95.6 Å². The van der Waals surface area contributed by atoms with E-state index in [1.54, 1.807) is 24.5 Å². The first-order valence-electron chi connectivity index (χ1n) is 9.86. The first kappa shape index (κ1) is 20.1. The zero-order valence-corrected chi connectivity index (χ0v) is 17.5. The van der Waals surface area contributed by atoms with Gasteiger partial charge in [0.15, 0.2) is 5.96 Å². The Morgan fingerprint density at radius 2 is 1.87 bits per heavy atom. The number of benzene rings is 1. The monoisotopic (exact) mass is 426 g/mol. The number of guanidine groups is 1. The van der Waals surface area contributed by atoms with Gasteiger partial charge < -0.3 is 19.6 Å². The highest BCUT2D eigenvalue weighted by molar-refractivity contribution is 6.30. The molecule has 1 aliphatic rings. The minimum atomic E-state index is 0.310. The molecule has 0 bridgehead atoms. The summed E-state index contributed by atoms with van der Waals surface area (Å²) < 4.78 is 5.37. The summed E-state index contributed by atoms with van der Waals surface area (Å²) in [5.41, 5.74) is 0.851. The predicted molar refractivity (Wildman–Crippen MR) is 115 cm³/mol. The second-order valence-electron chi connectivity index (χ2n) is 6.71. The quantitative estimate of drug-likeness (QED) is 0.491. The standard InChI is InChI=1S/C20H23ClN8O/c1-2-22-19(28-10-12-29(13-11-28)20-23-8-3-9-24-20)25-14-17-26-18(27-30-17)15-4-6-16(21)7-5-15/h3-9H,2,10-14H2,1H3,(H,22,25). The van der Waals surface area contributed by atoms with Crippen LogP contribution >= 0.6 is 11.6 Å². The summed E-state index contributed by atoms with van der Waals surface area (Å²) in [7, 11) is 0. The third-order valence-corrected chi connectivity index (χ3v) is 4.94. The lowest BCUT2D eigenvalue weighted by Crippen LogP contribution is -2.53. The molecule has 30 heavy (non-hydrogen) atoms. The van der Waals surface area contributed by atoms with E-state index in [2.05, 4.69) is 42.1 Å². The SMILES string of the molecule is CCNC(=NCc1nc(-c2ccc(Cl)cc2)no1)N1CCN(c2ncccn2)CC1. The molecule has 0 radical (unpaired) electrons. The summed E-state index contributed by atoms with van der Waals surface area (Å²) in [6.07, 6.45) is 3.53. The molecule has 2 aromatic heterocycles. The van der Waals surface area contributed by atoms with Crippen LogP contribution in [0.25, 0.3) is 11.4 Å². The van der Waals surface area contributed by atoms with Crippen molar-refractivity contribution in [1.82, 2.24) is 30.3 Å². The molecular formula is C20H23ClN8O. The van der Waals surface area contributed by atoms with E-state index in [9.17, 15) is 0 Å². The Balaban J connectivity index is 1.39. The molecule has 0 unspecified atom stereocenters. The summed E-state index contributed by atoms with van der Waals surface area (Å²) in [5.74, 6) is 2.59. The van der Waals surface area contributed by atoms with Gasteiger partial charge >= 0.3 is 0 Å². The van der Waals surface area contributed by atoms with Gasteiger partial charge in [-0.2, -0.15) is 4.98 Å². The van der Waals surface area contributed by atoms with E-state index < -0.39 is 0 Å². The zero-order valence-electron chi connectivity index (χ0n) is 16.7. The number of hydrogen-bond acceptors (Lipinski definition) is 7. The van der Waals surface area contributed by atoms with E-state index in [4.69, 9.17) is 21.1 Å². The number of piperazine rings is 1. The molecule has 0 saturated carbocycles. The van der Waals surface area contributed by atoms with Crippen LogP contribution in [-0.2, 0) is 6.54 Å². The lowest BCUT2D eigenvalue weighted by atomic mass is 10.2. The van der Waals surface area contributed by atoms with Crippen LogP contribution in [0.3, 0.4) is 0 Å². The van der Waals surface area contributed by atoms with Gasteiger partial charge in [0.2, 0.25) is 17.7 Å². The molecule has 0 spiro atoms. The highest BCUT2D eigenvalue weighted by Crippen LogP contribution is 2.19. The largest absolute Gasteiger partial charge is 0.357 e. The molecule has 9 nitrogen and oxygen atoms in total. The van der Waals surface area contributed by atoms with Crippen molar-refractivity contribution in [2.75, 3.05) is 37.6 Å². The van der Waals surface area contributed by atoms with Crippen LogP contribution in [0.15, 0.2) is 52.2 Å². The number of halogens is 1. The predicted octanol–water partition coefficient (Wildman–Crippen LogP) is 2.47. The van der Waals surface area contributed by atoms with Crippen molar-refractivity contribution < 1.29 is 4.52 Å². The molecule has 10 heteroatoms. The molecule has 0 amide bonds. The van der Waals surface area contributed by atoms with Gasteiger partial charge in [-0.3, -0.25) is 0 Å². The number of aliphatic imine (C=N–C) groups is 1. The summed E-state index contributed by atoms with van der Waals surface area (Å²) in [6.45, 7) is 6.44. The van der Waals surface area contributed by atoms with Gasteiger partial charge in [0, 0.05) is 55.7 Å². The van der Waals surface area contributed by atoms with Crippen molar-refractivity contribution in [1.29, 1.82) is 0 Å². The number of nitrogens with zero attached hydrogens (tertiary/aromatic N) is 7. The fourth-order valence-corrected chi connectivity index (χ4v) is 3.30. The average Bonchev–Trinajstić information content (AvgIpc) is 3.27. The maximum Gasteiger partial charge on any atom is 0.248 e. The Morgan fingerprint density at radius 1 is 1.13 bits per heavy atom. The highest BCUT2D eigenvalue weighted by atomic mass is 35.5. The van der Waals surface area contributed by atoms with Crippen molar-refractivity contribution in [3.8, 4) is 11.4 Å². The van der Waals surface area contributed by atoms with Gasteiger partial charge in [-0.1, -0.05) is 16.8 Å². The molecule has 1 N–H and O–H groups in total. The van der Waals surface area contributed by atoms with E-state index in [0.29, 0.717) is 23.3 Å². The van der Waals surface area contributed by atoms with Crippen LogP contribution in [0, 0.1) is 0 Å². The van der Waals surface area contributed by atoms with Gasteiger partial charge in [0.25, 0.3) is 0 Å². The van der Waals surface area contributed by atoms with E-state index >= 15 is 0 Å². The molecule has 1 aromatic carbocycles. The smallest absolute Gasteiger partial charge is 0.248 e. The highest BCUT2D eigenvalue weighted by Gasteiger charge is 2.21. The first-order valence-corrected chi connectivity index (χ1v) is 10.2. The van der Waals surface area contributed by atoms with Gasteiger partial charge in [-0.05, 0) is 37.3 Å². The summed E-state index contributed by atoms with van der Waals surface area (Å²) >= 11 is 5.93. The third-order valence-electron chi connectivity index (χ3n) is 4.68. The average molecular weight is 427 g/mol. The fraction of sp³-hybridized carbons (Fsp3) is 0.350. The van der Waals surface area contributed by atoms with Crippen molar-refractivity contribution in [2.45, 2.75) is 13.5 Å². The normalized spacial score (nSPS) is 14.8. The number of hydrogen-bond donors (Lipinski definition) is 1. The molecule has 1 aliphatic heterocycles. The summed E-state index contributed by atoms with van der Waals surface area (Å²) in [5, 5.41) is 8.05. The van der Waals surface area contributed by atoms with Crippen molar-refractivity contribution in [2.24, 2.45) is 4.99 Å². The summed E-state index contributed by atoms with van der Waals surface area (Å²) in [4.78, 5) is 22.2. The molecule has 1 fully saturated rings. The Morgan fingerprint density at radius 3 is 2.57 bits per heavy atom. The second-order valence-corrected chi connectivity index (χ2v) is 7.15. The Labute approximate surface area is 179 Å². The molecule has 0 aliphatic carbocycles. The number of nitrogens with one attached hydrogen (secondary N) is 1. The van der Waals surface area contributed by atoms with Crippen LogP contribution in [0.5, 0.6) is 0 Å². The van der Waals surface area contributed by atoms with E-state index in [1.165, 1.54) is 0 Å². The van der Waals surface area contributed by atoms with Gasteiger partial charge in [-0.15, -0.1) is 0 Å². The first-order chi connectivity index (χ1) is 14.7. The van der Waals surface area contributed by atoms with Crippen LogP contribution in [0.1, 0.15) is 12.8 Å². The van der Waals surface area contributed by atoms with Gasteiger partial charge in [0.05, 0.1) is 0 Å². The Kier molecular flexibility index (Phi) is 6.38. The van der Waals surface area contributed by atoms with Crippen LogP contribution in [-0.4, -0.2) is 63.7 Å². The van der Waals surface area contributed by atoms with Crippen LogP contribution in [0.4, 0.5) is 5.95 Å². The number of anilines is 1. The Bertz CT molecular complexity index is 968. The number of rotatable bonds is 5. The maximum atomic E-state index is 5.93. The molecule has 1 saturated heterocycles. The van der Waals surface area contributed by atoms with Crippen LogP contribution in [0.2, 0.25) is 5.02 Å². The summed E-state index contributed by atoms with van der Waals surface area (Å²) in [6, 6.07) is 9.15. The lowest BCUT2D eigenvalue weighted by Gasteiger charge is -2.36. The minimum Gasteiger partial charge on any atom is -0.357 e. The molecule has 3 heterocycles. The zero-order chi connectivity index (χ0) is 20.8. The fourth-order valence-electron chi connectivity index (χ4n) is 3.18. The maximum absolute atomic E-state index is 5.93.